The minimum absolute atomic E-state index is 0.107. The zero-order valence-electron chi connectivity index (χ0n) is 21.0. The molecule has 1 atom stereocenters. The SMILES string of the molecule is C[C@@H]1CN(c2cccc(NC(=O)c3cnc(NS(=O)(=O)CCO)cc3N3CCC4(CC3)CC4)n2)CCO1. The van der Waals surface area contributed by atoms with Crippen molar-refractivity contribution in [1.82, 2.24) is 9.97 Å². The fourth-order valence-electron chi connectivity index (χ4n) is 5.05. The van der Waals surface area contributed by atoms with Crippen LogP contribution in [-0.2, 0) is 14.8 Å². The molecule has 0 bridgehead atoms. The first-order valence-electron chi connectivity index (χ1n) is 12.8. The molecule has 12 heteroatoms. The number of sulfonamides is 1. The summed E-state index contributed by atoms with van der Waals surface area (Å²) in [6, 6.07) is 7.12. The molecule has 37 heavy (non-hydrogen) atoms. The maximum atomic E-state index is 13.4. The van der Waals surface area contributed by atoms with E-state index in [0.717, 1.165) is 44.8 Å². The Kier molecular flexibility index (Phi) is 7.24. The molecule has 5 rings (SSSR count). The fourth-order valence-corrected chi connectivity index (χ4v) is 5.82. The fraction of sp³-hybridized carbons (Fsp3) is 0.560. The van der Waals surface area contributed by atoms with Gasteiger partial charge in [0.25, 0.3) is 5.91 Å². The number of rotatable bonds is 8. The molecular weight excluding hydrogens is 496 g/mol. The second-order valence-corrected chi connectivity index (χ2v) is 12.0. The highest BCUT2D eigenvalue weighted by Crippen LogP contribution is 2.54. The normalized spacial score (nSPS) is 21.1. The Morgan fingerprint density at radius 3 is 2.65 bits per heavy atom. The number of amides is 1. The Balaban J connectivity index is 1.38. The molecule has 1 spiro atoms. The summed E-state index contributed by atoms with van der Waals surface area (Å²) < 4.78 is 32.4. The van der Waals surface area contributed by atoms with Crippen LogP contribution < -0.4 is 19.8 Å². The number of carbonyl (C=O) groups is 1. The van der Waals surface area contributed by atoms with Gasteiger partial charge in [0.05, 0.1) is 36.3 Å². The van der Waals surface area contributed by atoms with E-state index in [0.29, 0.717) is 29.1 Å². The summed E-state index contributed by atoms with van der Waals surface area (Å²) in [6.07, 6.45) is 6.10. The number of anilines is 4. The zero-order chi connectivity index (χ0) is 26.0. The first kappa shape index (κ1) is 25.7. The highest BCUT2D eigenvalue weighted by molar-refractivity contribution is 7.92. The molecule has 2 aromatic heterocycles. The van der Waals surface area contributed by atoms with E-state index < -0.39 is 22.4 Å². The molecule has 4 heterocycles. The van der Waals surface area contributed by atoms with Crippen molar-refractivity contribution in [3.8, 4) is 0 Å². The number of aliphatic hydroxyl groups is 1. The first-order valence-corrected chi connectivity index (χ1v) is 14.4. The molecule has 200 valence electrons. The molecule has 3 fully saturated rings. The predicted octanol–water partition coefficient (Wildman–Crippen LogP) is 2.07. The number of morpholine rings is 1. The van der Waals surface area contributed by atoms with Gasteiger partial charge in [0.1, 0.15) is 17.5 Å². The van der Waals surface area contributed by atoms with Crippen molar-refractivity contribution < 1.29 is 23.1 Å². The van der Waals surface area contributed by atoms with Gasteiger partial charge in [0.2, 0.25) is 10.0 Å². The van der Waals surface area contributed by atoms with Crippen molar-refractivity contribution in [1.29, 1.82) is 0 Å². The Morgan fingerprint density at radius 2 is 1.95 bits per heavy atom. The quantitative estimate of drug-likeness (QED) is 0.468. The first-order chi connectivity index (χ1) is 17.8. The van der Waals surface area contributed by atoms with Gasteiger partial charge >= 0.3 is 0 Å². The number of ether oxygens (including phenoxy) is 1. The molecule has 1 saturated carbocycles. The number of pyridine rings is 2. The van der Waals surface area contributed by atoms with Gasteiger partial charge in [-0.15, -0.1) is 0 Å². The van der Waals surface area contributed by atoms with Gasteiger partial charge in [0, 0.05) is 38.4 Å². The van der Waals surface area contributed by atoms with E-state index in [2.05, 4.69) is 29.8 Å². The molecule has 3 aliphatic rings. The van der Waals surface area contributed by atoms with Crippen LogP contribution in [0.15, 0.2) is 30.5 Å². The van der Waals surface area contributed by atoms with Crippen LogP contribution in [0, 0.1) is 5.41 Å². The van der Waals surface area contributed by atoms with Gasteiger partial charge in [0.15, 0.2) is 0 Å². The van der Waals surface area contributed by atoms with Crippen molar-refractivity contribution in [2.24, 2.45) is 5.41 Å². The lowest BCUT2D eigenvalue weighted by Gasteiger charge is -2.35. The maximum Gasteiger partial charge on any atom is 0.260 e. The van der Waals surface area contributed by atoms with Gasteiger partial charge in [-0.25, -0.2) is 18.4 Å². The third-order valence-electron chi connectivity index (χ3n) is 7.41. The molecule has 11 nitrogen and oxygen atoms in total. The van der Waals surface area contributed by atoms with Crippen LogP contribution in [0.3, 0.4) is 0 Å². The number of aromatic nitrogens is 2. The van der Waals surface area contributed by atoms with Crippen LogP contribution >= 0.6 is 0 Å². The largest absolute Gasteiger partial charge is 0.395 e. The van der Waals surface area contributed by atoms with Crippen LogP contribution in [0.25, 0.3) is 0 Å². The summed E-state index contributed by atoms with van der Waals surface area (Å²) >= 11 is 0. The number of piperidine rings is 1. The van der Waals surface area contributed by atoms with Crippen LogP contribution in [0.4, 0.5) is 23.1 Å². The van der Waals surface area contributed by atoms with E-state index in [-0.39, 0.29) is 17.8 Å². The minimum atomic E-state index is -3.75. The third kappa shape index (κ3) is 6.13. The molecule has 1 amide bonds. The monoisotopic (exact) mass is 530 g/mol. The topological polar surface area (TPSA) is 137 Å². The molecule has 0 aromatic carbocycles. The average Bonchev–Trinajstić information content (AvgIpc) is 3.63. The van der Waals surface area contributed by atoms with Gasteiger partial charge in [-0.1, -0.05) is 6.07 Å². The van der Waals surface area contributed by atoms with E-state index in [1.54, 1.807) is 12.1 Å². The molecule has 2 aliphatic heterocycles. The number of aliphatic hydroxyl groups excluding tert-OH is 1. The smallest absolute Gasteiger partial charge is 0.260 e. The predicted molar refractivity (Wildman–Crippen MR) is 142 cm³/mol. The summed E-state index contributed by atoms with van der Waals surface area (Å²) in [5.41, 5.74) is 1.42. The number of nitrogens with zero attached hydrogens (tertiary/aromatic N) is 4. The molecule has 3 N–H and O–H groups in total. The molecule has 0 unspecified atom stereocenters. The van der Waals surface area contributed by atoms with Crippen LogP contribution in [0.1, 0.15) is 43.0 Å². The summed E-state index contributed by atoms with van der Waals surface area (Å²) in [6.45, 7) is 5.18. The molecule has 2 aromatic rings. The Labute approximate surface area is 217 Å². The van der Waals surface area contributed by atoms with Gasteiger partial charge in [-0.05, 0) is 50.2 Å². The minimum Gasteiger partial charge on any atom is -0.395 e. The van der Waals surface area contributed by atoms with Crippen LogP contribution in [0.5, 0.6) is 0 Å². The second-order valence-electron chi connectivity index (χ2n) is 10.2. The number of hydrogen-bond acceptors (Lipinski definition) is 9. The molecule has 0 radical (unpaired) electrons. The molecule has 2 saturated heterocycles. The number of carbonyl (C=O) groups excluding carboxylic acids is 1. The molecule has 1 aliphatic carbocycles. The Hall–Kier alpha value is -2.96. The second kappa shape index (κ2) is 10.4. The van der Waals surface area contributed by atoms with Crippen molar-refractivity contribution in [3.05, 3.63) is 36.0 Å². The highest BCUT2D eigenvalue weighted by Gasteiger charge is 2.44. The molecular formula is C25H34N6O5S. The maximum absolute atomic E-state index is 13.4. The lowest BCUT2D eigenvalue weighted by atomic mass is 9.93. The van der Waals surface area contributed by atoms with E-state index in [1.165, 1.54) is 19.0 Å². The zero-order valence-corrected chi connectivity index (χ0v) is 21.8. The average molecular weight is 531 g/mol. The summed E-state index contributed by atoms with van der Waals surface area (Å²) in [4.78, 5) is 26.5. The van der Waals surface area contributed by atoms with Crippen molar-refractivity contribution in [2.75, 3.05) is 65.0 Å². The van der Waals surface area contributed by atoms with Crippen molar-refractivity contribution in [2.45, 2.75) is 38.7 Å². The van der Waals surface area contributed by atoms with E-state index >= 15 is 0 Å². The van der Waals surface area contributed by atoms with Gasteiger partial charge < -0.3 is 25.0 Å². The van der Waals surface area contributed by atoms with E-state index in [1.807, 2.05) is 19.1 Å². The number of hydrogen-bond donors (Lipinski definition) is 3. The lowest BCUT2D eigenvalue weighted by molar-refractivity contribution is 0.0529. The standard InChI is InChI=1S/C25H34N6O5S/c1-18-17-31(11-13-36-18)23-4-2-3-21(27-23)28-24(33)19-16-26-22(29-37(34,35)14-12-32)15-20(19)30-9-7-25(5-6-25)8-10-30/h2-4,15-16,18,32H,5-14,17H2,1H3,(H,26,29)(H,27,28,33)/t18-/m1/s1. The van der Waals surface area contributed by atoms with Crippen molar-refractivity contribution >= 4 is 39.1 Å². The van der Waals surface area contributed by atoms with Gasteiger partial charge in [-0.3, -0.25) is 9.52 Å². The Morgan fingerprint density at radius 1 is 1.16 bits per heavy atom. The lowest BCUT2D eigenvalue weighted by Crippen LogP contribution is -2.41. The van der Waals surface area contributed by atoms with Crippen LogP contribution in [0.2, 0.25) is 0 Å². The van der Waals surface area contributed by atoms with E-state index in [4.69, 9.17) is 9.84 Å². The number of nitrogens with one attached hydrogen (secondary N) is 2. The summed E-state index contributed by atoms with van der Waals surface area (Å²) in [5, 5.41) is 11.9. The van der Waals surface area contributed by atoms with E-state index in [9.17, 15) is 13.2 Å². The van der Waals surface area contributed by atoms with Crippen LogP contribution in [-0.4, -0.2) is 80.6 Å². The third-order valence-corrected chi connectivity index (χ3v) is 8.65. The Bertz CT molecular complexity index is 1240. The summed E-state index contributed by atoms with van der Waals surface area (Å²) in [7, 11) is -3.75. The summed E-state index contributed by atoms with van der Waals surface area (Å²) in [5.74, 6) is 0.524. The van der Waals surface area contributed by atoms with Crippen molar-refractivity contribution in [3.63, 3.8) is 0 Å². The highest BCUT2D eigenvalue weighted by atomic mass is 32.2. The van der Waals surface area contributed by atoms with Gasteiger partial charge in [-0.2, -0.15) is 0 Å².